The molecule has 1 aromatic rings. The molecule has 0 aliphatic carbocycles. The normalized spacial score (nSPS) is 12.1. The maximum atomic E-state index is 11.4. The van der Waals surface area contributed by atoms with Gasteiger partial charge in [0.05, 0.1) is 12.6 Å². The van der Waals surface area contributed by atoms with Crippen molar-refractivity contribution in [3.05, 3.63) is 34.2 Å². The van der Waals surface area contributed by atoms with E-state index in [0.29, 0.717) is 0 Å². The fraction of sp³-hybridized carbons (Fsp3) is 0.333. The molecule has 0 unspecified atom stereocenters. The molecule has 0 aliphatic heterocycles. The minimum absolute atomic E-state index is 0.0664. The van der Waals surface area contributed by atoms with E-state index in [9.17, 15) is 9.90 Å². The van der Waals surface area contributed by atoms with Crippen molar-refractivity contribution < 1.29 is 5.11 Å². The molecule has 5 nitrogen and oxygen atoms in total. The molecule has 0 aromatic carbocycles. The van der Waals surface area contributed by atoms with Crippen LogP contribution in [-0.2, 0) is 6.54 Å². The molecule has 0 spiro atoms. The number of hydrogen-bond acceptors (Lipinski definition) is 4. The highest BCUT2D eigenvalue weighted by Gasteiger charge is 2.06. The summed E-state index contributed by atoms with van der Waals surface area (Å²) < 4.78 is 1.27. The first-order valence-corrected chi connectivity index (χ1v) is 4.16. The van der Waals surface area contributed by atoms with Crippen LogP contribution in [0.25, 0.3) is 0 Å². The minimum Gasteiger partial charge on any atom is -0.390 e. The first-order chi connectivity index (χ1) is 6.69. The van der Waals surface area contributed by atoms with E-state index in [2.05, 4.69) is 0 Å². The average Bonchev–Trinajstić information content (AvgIpc) is 2.21. The first kappa shape index (κ1) is 10.4. The van der Waals surface area contributed by atoms with Crippen LogP contribution in [-0.4, -0.2) is 22.3 Å². The first-order valence-electron chi connectivity index (χ1n) is 4.16. The number of aromatic nitrogens is 1. The minimum atomic E-state index is -0.762. The lowest BCUT2D eigenvalue weighted by Gasteiger charge is -2.09. The van der Waals surface area contributed by atoms with Gasteiger partial charge in [0.25, 0.3) is 5.56 Å². The zero-order chi connectivity index (χ0) is 10.6. The highest BCUT2D eigenvalue weighted by Crippen LogP contribution is 1.91. The Balaban J connectivity index is 3.00. The second kappa shape index (κ2) is 4.56. The van der Waals surface area contributed by atoms with Crippen LogP contribution < -0.4 is 11.3 Å². The molecular formula is C9H11N3O2. The van der Waals surface area contributed by atoms with Crippen LogP contribution >= 0.6 is 0 Å². The summed E-state index contributed by atoms with van der Waals surface area (Å²) in [5.74, 6) is 0. The highest BCUT2D eigenvalue weighted by molar-refractivity contribution is 5.24. The Morgan fingerprint density at radius 1 is 1.71 bits per heavy atom. The lowest BCUT2D eigenvalue weighted by atomic mass is 10.3. The molecule has 0 amide bonds. The average molecular weight is 193 g/mol. The van der Waals surface area contributed by atoms with Crippen molar-refractivity contribution in [1.82, 2.24) is 4.57 Å². The summed E-state index contributed by atoms with van der Waals surface area (Å²) in [5.41, 5.74) is 4.88. The van der Waals surface area contributed by atoms with Gasteiger partial charge in [0.1, 0.15) is 11.6 Å². The number of pyridine rings is 1. The third-order valence-electron chi connectivity index (χ3n) is 1.82. The summed E-state index contributed by atoms with van der Waals surface area (Å²) in [6, 6.07) is 4.81. The van der Waals surface area contributed by atoms with Crippen LogP contribution in [0.3, 0.4) is 0 Å². The van der Waals surface area contributed by atoms with Gasteiger partial charge in [-0.2, -0.15) is 5.26 Å². The van der Waals surface area contributed by atoms with Gasteiger partial charge in [-0.25, -0.2) is 0 Å². The van der Waals surface area contributed by atoms with E-state index in [4.69, 9.17) is 11.0 Å². The molecule has 0 radical (unpaired) electrons. The van der Waals surface area contributed by atoms with Crippen LogP contribution in [0.15, 0.2) is 23.1 Å². The quantitative estimate of drug-likeness (QED) is 0.646. The predicted molar refractivity (Wildman–Crippen MR) is 50.5 cm³/mol. The smallest absolute Gasteiger partial charge is 0.268 e. The number of nitriles is 1. The monoisotopic (exact) mass is 193 g/mol. The third kappa shape index (κ3) is 2.19. The summed E-state index contributed by atoms with van der Waals surface area (Å²) in [4.78, 5) is 11.4. The Labute approximate surface area is 81.0 Å². The number of hydrogen-bond donors (Lipinski definition) is 2. The van der Waals surface area contributed by atoms with E-state index in [1.807, 2.05) is 0 Å². The molecule has 74 valence electrons. The predicted octanol–water partition coefficient (Wildman–Crippen LogP) is -0.960. The molecule has 14 heavy (non-hydrogen) atoms. The van der Waals surface area contributed by atoms with Crippen molar-refractivity contribution in [2.45, 2.75) is 12.6 Å². The molecule has 0 fully saturated rings. The molecule has 0 bridgehead atoms. The van der Waals surface area contributed by atoms with E-state index in [1.54, 1.807) is 12.1 Å². The fourth-order valence-corrected chi connectivity index (χ4v) is 1.07. The Kier molecular flexibility index (Phi) is 3.40. The molecule has 1 atom stereocenters. The molecule has 0 saturated heterocycles. The molecular weight excluding hydrogens is 182 g/mol. The van der Waals surface area contributed by atoms with Gasteiger partial charge in [0.15, 0.2) is 0 Å². The van der Waals surface area contributed by atoms with Crippen LogP contribution in [0.4, 0.5) is 0 Å². The van der Waals surface area contributed by atoms with Crippen molar-refractivity contribution in [1.29, 1.82) is 5.26 Å². The van der Waals surface area contributed by atoms with Crippen molar-refractivity contribution in [2.24, 2.45) is 5.73 Å². The number of aliphatic hydroxyl groups is 1. The van der Waals surface area contributed by atoms with Crippen LogP contribution in [0, 0.1) is 11.3 Å². The summed E-state index contributed by atoms with van der Waals surface area (Å²) >= 11 is 0. The van der Waals surface area contributed by atoms with Crippen molar-refractivity contribution >= 4 is 0 Å². The van der Waals surface area contributed by atoms with Gasteiger partial charge in [0.2, 0.25) is 0 Å². The standard InChI is InChI=1S/C9H11N3O2/c10-4-7-2-1-3-12(9(7)14)6-8(13)5-11/h1-3,8,13H,5-6,11H2/t8-/m1/s1. The van der Waals surface area contributed by atoms with Crippen molar-refractivity contribution in [2.75, 3.05) is 6.54 Å². The van der Waals surface area contributed by atoms with Crippen molar-refractivity contribution in [3.63, 3.8) is 0 Å². The lowest BCUT2D eigenvalue weighted by Crippen LogP contribution is -2.31. The number of rotatable bonds is 3. The number of nitrogens with two attached hydrogens (primary N) is 1. The molecule has 1 heterocycles. The molecule has 5 heteroatoms. The molecule has 1 rings (SSSR count). The largest absolute Gasteiger partial charge is 0.390 e. The molecule has 3 N–H and O–H groups in total. The van der Waals surface area contributed by atoms with Gasteiger partial charge in [-0.1, -0.05) is 0 Å². The van der Waals surface area contributed by atoms with Gasteiger partial charge < -0.3 is 15.4 Å². The summed E-state index contributed by atoms with van der Waals surface area (Å²) in [7, 11) is 0. The Bertz CT molecular complexity index is 405. The van der Waals surface area contributed by atoms with E-state index >= 15 is 0 Å². The maximum absolute atomic E-state index is 11.4. The van der Waals surface area contributed by atoms with E-state index in [1.165, 1.54) is 16.8 Å². The Morgan fingerprint density at radius 3 is 3.00 bits per heavy atom. The topological polar surface area (TPSA) is 92.0 Å². The second-order valence-electron chi connectivity index (χ2n) is 2.88. The van der Waals surface area contributed by atoms with Crippen molar-refractivity contribution in [3.8, 4) is 6.07 Å². The van der Waals surface area contributed by atoms with Gasteiger partial charge in [-0.05, 0) is 12.1 Å². The van der Waals surface area contributed by atoms with Gasteiger partial charge in [0, 0.05) is 12.7 Å². The maximum Gasteiger partial charge on any atom is 0.268 e. The van der Waals surface area contributed by atoms with Crippen LogP contribution in [0.1, 0.15) is 5.56 Å². The summed E-state index contributed by atoms with van der Waals surface area (Å²) in [6.07, 6.45) is 0.754. The van der Waals surface area contributed by atoms with Crippen LogP contribution in [0.2, 0.25) is 0 Å². The van der Waals surface area contributed by atoms with Gasteiger partial charge in [-0.3, -0.25) is 4.79 Å². The summed E-state index contributed by atoms with van der Waals surface area (Å²) in [5, 5.41) is 17.8. The Morgan fingerprint density at radius 2 is 2.43 bits per heavy atom. The Hall–Kier alpha value is -1.64. The van der Waals surface area contributed by atoms with E-state index in [0.717, 1.165) is 0 Å². The molecule has 1 aromatic heterocycles. The zero-order valence-corrected chi connectivity index (χ0v) is 7.55. The fourth-order valence-electron chi connectivity index (χ4n) is 1.07. The zero-order valence-electron chi connectivity index (χ0n) is 7.55. The summed E-state index contributed by atoms with van der Waals surface area (Å²) in [6.45, 7) is 0.202. The lowest BCUT2D eigenvalue weighted by molar-refractivity contribution is 0.160. The SMILES string of the molecule is N#Cc1cccn(C[C@H](O)CN)c1=O. The van der Waals surface area contributed by atoms with Gasteiger partial charge in [-0.15, -0.1) is 0 Å². The highest BCUT2D eigenvalue weighted by atomic mass is 16.3. The van der Waals surface area contributed by atoms with E-state index < -0.39 is 11.7 Å². The van der Waals surface area contributed by atoms with Crippen LogP contribution in [0.5, 0.6) is 0 Å². The van der Waals surface area contributed by atoms with E-state index in [-0.39, 0.29) is 18.7 Å². The van der Waals surface area contributed by atoms with Gasteiger partial charge >= 0.3 is 0 Å². The third-order valence-corrected chi connectivity index (χ3v) is 1.82. The molecule has 0 aliphatic rings. The number of nitrogens with zero attached hydrogens (tertiary/aromatic N) is 2. The second-order valence-corrected chi connectivity index (χ2v) is 2.88. The molecule has 0 saturated carbocycles. The number of aliphatic hydroxyl groups excluding tert-OH is 1.